The minimum Gasteiger partial charge on any atom is -0.469 e. The number of aromatic amines is 1. The van der Waals surface area contributed by atoms with Crippen LogP contribution in [0.1, 0.15) is 25.3 Å². The largest absolute Gasteiger partial charge is 0.469 e. The van der Waals surface area contributed by atoms with Crippen LogP contribution in [0.2, 0.25) is 0 Å². The molecular weight excluding hydrogens is 214 g/mol. The van der Waals surface area contributed by atoms with Crippen LogP contribution in [0.3, 0.4) is 0 Å². The van der Waals surface area contributed by atoms with Gasteiger partial charge in [0.15, 0.2) is 0 Å². The molecule has 2 aromatic rings. The SMILES string of the molecule is COC(=O)C(c1ccc2[nH]ccc2c1)C(C)C. The van der Waals surface area contributed by atoms with E-state index in [9.17, 15) is 4.79 Å². The average molecular weight is 231 g/mol. The fourth-order valence-electron chi connectivity index (χ4n) is 2.19. The third-order valence-electron chi connectivity index (χ3n) is 3.06. The molecule has 0 amide bonds. The van der Waals surface area contributed by atoms with Crippen LogP contribution in [-0.2, 0) is 9.53 Å². The first-order valence-corrected chi connectivity index (χ1v) is 5.78. The number of methoxy groups -OCH3 is 1. The highest BCUT2D eigenvalue weighted by Gasteiger charge is 2.25. The Kier molecular flexibility index (Phi) is 3.18. The van der Waals surface area contributed by atoms with Crippen molar-refractivity contribution in [3.8, 4) is 0 Å². The smallest absolute Gasteiger partial charge is 0.313 e. The Balaban J connectivity index is 2.44. The Morgan fingerprint density at radius 2 is 2.06 bits per heavy atom. The van der Waals surface area contributed by atoms with Gasteiger partial charge >= 0.3 is 5.97 Å². The summed E-state index contributed by atoms with van der Waals surface area (Å²) in [6, 6.07) is 8.05. The second-order valence-electron chi connectivity index (χ2n) is 4.57. The minimum atomic E-state index is -0.195. The zero-order valence-corrected chi connectivity index (χ0v) is 10.4. The monoisotopic (exact) mass is 231 g/mol. The summed E-state index contributed by atoms with van der Waals surface area (Å²) in [5.41, 5.74) is 2.10. The van der Waals surface area contributed by atoms with Crippen molar-refractivity contribution in [3.63, 3.8) is 0 Å². The number of fused-ring (bicyclic) bond motifs is 1. The normalized spacial score (nSPS) is 12.9. The van der Waals surface area contributed by atoms with E-state index in [0.717, 1.165) is 16.5 Å². The van der Waals surface area contributed by atoms with Crippen molar-refractivity contribution in [1.82, 2.24) is 4.98 Å². The maximum absolute atomic E-state index is 11.8. The van der Waals surface area contributed by atoms with E-state index in [1.807, 2.05) is 44.3 Å². The van der Waals surface area contributed by atoms with Crippen LogP contribution in [0, 0.1) is 5.92 Å². The second-order valence-corrected chi connectivity index (χ2v) is 4.57. The highest BCUT2D eigenvalue weighted by Crippen LogP contribution is 2.28. The van der Waals surface area contributed by atoms with Crippen LogP contribution >= 0.6 is 0 Å². The maximum Gasteiger partial charge on any atom is 0.313 e. The zero-order valence-electron chi connectivity index (χ0n) is 10.4. The third-order valence-corrected chi connectivity index (χ3v) is 3.06. The van der Waals surface area contributed by atoms with Crippen molar-refractivity contribution in [3.05, 3.63) is 36.0 Å². The van der Waals surface area contributed by atoms with Gasteiger partial charge in [0.05, 0.1) is 13.0 Å². The van der Waals surface area contributed by atoms with Gasteiger partial charge in [-0.05, 0) is 35.1 Å². The topological polar surface area (TPSA) is 42.1 Å². The number of H-pyrrole nitrogens is 1. The summed E-state index contributed by atoms with van der Waals surface area (Å²) in [6.07, 6.45) is 1.90. The van der Waals surface area contributed by atoms with Gasteiger partial charge < -0.3 is 9.72 Å². The quantitative estimate of drug-likeness (QED) is 0.825. The van der Waals surface area contributed by atoms with Crippen LogP contribution in [0.4, 0.5) is 0 Å². The molecule has 90 valence electrons. The van der Waals surface area contributed by atoms with Gasteiger partial charge in [-0.1, -0.05) is 19.9 Å². The fraction of sp³-hybridized carbons (Fsp3) is 0.357. The van der Waals surface area contributed by atoms with Gasteiger partial charge in [0.25, 0.3) is 0 Å². The van der Waals surface area contributed by atoms with E-state index in [1.165, 1.54) is 7.11 Å². The Morgan fingerprint density at radius 3 is 2.71 bits per heavy atom. The average Bonchev–Trinajstić information content (AvgIpc) is 2.75. The standard InChI is InChI=1S/C14H17NO2/c1-9(2)13(14(16)17-3)11-4-5-12-10(8-11)6-7-15-12/h4-9,13,15H,1-3H3. The molecule has 1 unspecified atom stereocenters. The summed E-state index contributed by atoms with van der Waals surface area (Å²) in [7, 11) is 1.44. The minimum absolute atomic E-state index is 0.171. The Labute approximate surface area is 101 Å². The number of hydrogen-bond acceptors (Lipinski definition) is 2. The molecule has 1 aromatic carbocycles. The van der Waals surface area contributed by atoms with Crippen LogP contribution in [0.15, 0.2) is 30.5 Å². The van der Waals surface area contributed by atoms with Gasteiger partial charge in [0, 0.05) is 11.7 Å². The van der Waals surface area contributed by atoms with Gasteiger partial charge in [-0.25, -0.2) is 0 Å². The molecule has 17 heavy (non-hydrogen) atoms. The zero-order chi connectivity index (χ0) is 12.4. The van der Waals surface area contributed by atoms with Crippen LogP contribution < -0.4 is 0 Å². The lowest BCUT2D eigenvalue weighted by molar-refractivity contribution is -0.143. The number of aromatic nitrogens is 1. The van der Waals surface area contributed by atoms with Gasteiger partial charge in [0.1, 0.15) is 0 Å². The summed E-state index contributed by atoms with van der Waals surface area (Å²) < 4.78 is 4.87. The van der Waals surface area contributed by atoms with Gasteiger partial charge in [-0.2, -0.15) is 0 Å². The van der Waals surface area contributed by atoms with Crippen molar-refractivity contribution in [2.45, 2.75) is 19.8 Å². The van der Waals surface area contributed by atoms with Gasteiger partial charge in [-0.15, -0.1) is 0 Å². The molecule has 0 saturated heterocycles. The van der Waals surface area contributed by atoms with E-state index in [1.54, 1.807) is 0 Å². The Morgan fingerprint density at radius 1 is 1.29 bits per heavy atom. The first kappa shape index (κ1) is 11.7. The molecule has 0 bridgehead atoms. The molecule has 0 aliphatic carbocycles. The number of hydrogen-bond donors (Lipinski definition) is 1. The molecule has 3 heteroatoms. The van der Waals surface area contributed by atoms with Crippen molar-refractivity contribution in [2.75, 3.05) is 7.11 Å². The molecule has 0 aliphatic heterocycles. The molecule has 1 atom stereocenters. The molecule has 2 rings (SSSR count). The number of ether oxygens (including phenoxy) is 1. The molecular formula is C14H17NO2. The molecule has 1 N–H and O–H groups in total. The van der Waals surface area contributed by atoms with E-state index in [2.05, 4.69) is 4.98 Å². The van der Waals surface area contributed by atoms with E-state index in [-0.39, 0.29) is 17.8 Å². The highest BCUT2D eigenvalue weighted by atomic mass is 16.5. The van der Waals surface area contributed by atoms with E-state index >= 15 is 0 Å². The second kappa shape index (κ2) is 4.62. The van der Waals surface area contributed by atoms with Crippen molar-refractivity contribution in [1.29, 1.82) is 0 Å². The predicted octanol–water partition coefficient (Wildman–Crippen LogP) is 3.08. The van der Waals surface area contributed by atoms with E-state index in [4.69, 9.17) is 4.74 Å². The summed E-state index contributed by atoms with van der Waals surface area (Å²) in [6.45, 7) is 4.06. The lowest BCUT2D eigenvalue weighted by atomic mass is 9.88. The molecule has 3 nitrogen and oxygen atoms in total. The molecule has 1 aromatic heterocycles. The summed E-state index contributed by atoms with van der Waals surface area (Å²) in [5.74, 6) is -0.145. The maximum atomic E-state index is 11.8. The lowest BCUT2D eigenvalue weighted by Gasteiger charge is -2.18. The van der Waals surface area contributed by atoms with Crippen LogP contribution in [0.5, 0.6) is 0 Å². The van der Waals surface area contributed by atoms with Gasteiger partial charge in [0.2, 0.25) is 0 Å². The van der Waals surface area contributed by atoms with Crippen molar-refractivity contribution in [2.24, 2.45) is 5.92 Å². The van der Waals surface area contributed by atoms with Crippen molar-refractivity contribution >= 4 is 16.9 Å². The lowest BCUT2D eigenvalue weighted by Crippen LogP contribution is -2.19. The number of rotatable bonds is 3. The Bertz CT molecular complexity index is 528. The van der Waals surface area contributed by atoms with Crippen LogP contribution in [-0.4, -0.2) is 18.1 Å². The summed E-state index contributed by atoms with van der Waals surface area (Å²) in [4.78, 5) is 14.9. The van der Waals surface area contributed by atoms with E-state index in [0.29, 0.717) is 0 Å². The number of benzene rings is 1. The highest BCUT2D eigenvalue weighted by molar-refractivity contribution is 5.84. The molecule has 1 heterocycles. The van der Waals surface area contributed by atoms with Crippen molar-refractivity contribution < 1.29 is 9.53 Å². The first-order valence-electron chi connectivity index (χ1n) is 5.78. The third kappa shape index (κ3) is 2.18. The van der Waals surface area contributed by atoms with Gasteiger partial charge in [-0.3, -0.25) is 4.79 Å². The summed E-state index contributed by atoms with van der Waals surface area (Å²) >= 11 is 0. The number of carbonyl (C=O) groups excluding carboxylic acids is 1. The number of carbonyl (C=O) groups is 1. The fourth-order valence-corrected chi connectivity index (χ4v) is 2.19. The van der Waals surface area contributed by atoms with E-state index < -0.39 is 0 Å². The molecule has 0 saturated carbocycles. The molecule has 0 spiro atoms. The number of esters is 1. The first-order chi connectivity index (χ1) is 8.13. The molecule has 0 aliphatic rings. The Hall–Kier alpha value is -1.77. The van der Waals surface area contributed by atoms with Crippen LogP contribution in [0.25, 0.3) is 10.9 Å². The number of nitrogens with one attached hydrogen (secondary N) is 1. The summed E-state index contributed by atoms with van der Waals surface area (Å²) in [5, 5.41) is 1.12. The molecule has 0 radical (unpaired) electrons. The molecule has 0 fully saturated rings. The predicted molar refractivity (Wildman–Crippen MR) is 67.9 cm³/mol.